The van der Waals surface area contributed by atoms with Gasteiger partial charge in [-0.1, -0.05) is 25.5 Å². The molecule has 4 rings (SSSR count). The van der Waals surface area contributed by atoms with Crippen LogP contribution in [0.5, 0.6) is 5.75 Å². The van der Waals surface area contributed by atoms with E-state index in [9.17, 15) is 13.2 Å². The Labute approximate surface area is 200 Å². The molecule has 2 atom stereocenters. The maximum Gasteiger partial charge on any atom is 0.416 e. The summed E-state index contributed by atoms with van der Waals surface area (Å²) in [7, 11) is 0. The zero-order valence-electron chi connectivity index (χ0n) is 19.9. The number of benzene rings is 2. The summed E-state index contributed by atoms with van der Waals surface area (Å²) in [5.41, 5.74) is 1.89. The molecule has 0 spiro atoms. The Morgan fingerprint density at radius 2 is 1.68 bits per heavy atom. The third-order valence-electron chi connectivity index (χ3n) is 6.99. The highest BCUT2D eigenvalue weighted by Crippen LogP contribution is 2.35. The van der Waals surface area contributed by atoms with Gasteiger partial charge >= 0.3 is 6.18 Å². The van der Waals surface area contributed by atoms with E-state index in [2.05, 4.69) is 41.0 Å². The van der Waals surface area contributed by atoms with Crippen LogP contribution in [0.1, 0.15) is 43.2 Å². The summed E-state index contributed by atoms with van der Waals surface area (Å²) in [6.45, 7) is 9.14. The maximum atomic E-state index is 12.9. The Morgan fingerprint density at radius 3 is 2.32 bits per heavy atom. The van der Waals surface area contributed by atoms with E-state index in [1.54, 1.807) is 0 Å². The molecule has 0 radical (unpaired) electrons. The second kappa shape index (κ2) is 11.5. The highest BCUT2D eigenvalue weighted by Gasteiger charge is 2.32. The number of piperidine rings is 1. The quantitative estimate of drug-likeness (QED) is 0.479. The van der Waals surface area contributed by atoms with Crippen molar-refractivity contribution in [2.24, 2.45) is 5.92 Å². The fraction of sp³-hybridized carbons (Fsp3) is 0.556. The number of likely N-dealkylation sites (tertiary alicyclic amines) is 1. The Hall–Kier alpha value is -2.25. The first-order valence-electron chi connectivity index (χ1n) is 12.4. The molecule has 2 aliphatic heterocycles. The molecule has 0 aromatic heterocycles. The molecule has 0 aliphatic carbocycles. The van der Waals surface area contributed by atoms with Gasteiger partial charge in [0.2, 0.25) is 0 Å². The standard InChI is InChI=1S/C27H35F3N2O2/c1-2-3-13-31-14-12-26(21-4-8-24(9-5-21)32-15-17-33-18-16-32)22(19-31)20-34-25-10-6-23(7-11-25)27(28,29)30/h4-11,22,26H,2-3,12-20H2,1H3. The minimum Gasteiger partial charge on any atom is -0.493 e. The second-order valence-corrected chi connectivity index (χ2v) is 9.33. The third kappa shape index (κ3) is 6.45. The predicted molar refractivity (Wildman–Crippen MR) is 129 cm³/mol. The molecular weight excluding hydrogens is 441 g/mol. The maximum absolute atomic E-state index is 12.9. The van der Waals surface area contributed by atoms with E-state index in [-0.39, 0.29) is 5.92 Å². The minimum absolute atomic E-state index is 0.280. The molecule has 186 valence electrons. The summed E-state index contributed by atoms with van der Waals surface area (Å²) in [6.07, 6.45) is -0.942. The largest absolute Gasteiger partial charge is 0.493 e. The van der Waals surface area contributed by atoms with Crippen molar-refractivity contribution in [1.82, 2.24) is 4.90 Å². The van der Waals surface area contributed by atoms with Crippen molar-refractivity contribution in [3.63, 3.8) is 0 Å². The lowest BCUT2D eigenvalue weighted by molar-refractivity contribution is -0.137. The van der Waals surface area contributed by atoms with Crippen molar-refractivity contribution in [1.29, 1.82) is 0 Å². The van der Waals surface area contributed by atoms with Gasteiger partial charge < -0.3 is 19.3 Å². The smallest absolute Gasteiger partial charge is 0.416 e. The average molecular weight is 477 g/mol. The van der Waals surface area contributed by atoms with Gasteiger partial charge in [0.05, 0.1) is 25.4 Å². The van der Waals surface area contributed by atoms with Gasteiger partial charge in [-0.3, -0.25) is 0 Å². The highest BCUT2D eigenvalue weighted by atomic mass is 19.4. The minimum atomic E-state index is -4.33. The van der Waals surface area contributed by atoms with Gasteiger partial charge in [-0.05, 0) is 73.8 Å². The summed E-state index contributed by atoms with van der Waals surface area (Å²) < 4.78 is 50.1. The van der Waals surface area contributed by atoms with Crippen molar-refractivity contribution in [3.8, 4) is 5.75 Å². The molecule has 4 nitrogen and oxygen atoms in total. The van der Waals surface area contributed by atoms with Crippen molar-refractivity contribution < 1.29 is 22.6 Å². The van der Waals surface area contributed by atoms with Crippen LogP contribution in [-0.4, -0.2) is 57.4 Å². The molecule has 0 amide bonds. The Bertz CT molecular complexity index is 880. The number of nitrogens with zero attached hydrogens (tertiary/aromatic N) is 2. The lowest BCUT2D eigenvalue weighted by Gasteiger charge is -2.39. The lowest BCUT2D eigenvalue weighted by Crippen LogP contribution is -2.42. The molecule has 34 heavy (non-hydrogen) atoms. The number of morpholine rings is 1. The summed E-state index contributed by atoms with van der Waals surface area (Å²) >= 11 is 0. The molecule has 2 unspecified atom stereocenters. The normalized spacial score (nSPS) is 22.1. The van der Waals surface area contributed by atoms with Crippen LogP contribution in [0.4, 0.5) is 18.9 Å². The van der Waals surface area contributed by atoms with Crippen molar-refractivity contribution in [2.45, 2.75) is 38.3 Å². The number of alkyl halides is 3. The molecular formula is C27H35F3N2O2. The number of halogens is 3. The van der Waals surface area contributed by atoms with E-state index in [4.69, 9.17) is 9.47 Å². The summed E-state index contributed by atoms with van der Waals surface area (Å²) in [5.74, 6) is 1.13. The van der Waals surface area contributed by atoms with Crippen LogP contribution < -0.4 is 9.64 Å². The van der Waals surface area contributed by atoms with E-state index in [0.717, 1.165) is 70.9 Å². The fourth-order valence-corrected chi connectivity index (χ4v) is 5.00. The molecule has 2 aromatic rings. The van der Waals surface area contributed by atoms with E-state index >= 15 is 0 Å². The number of anilines is 1. The molecule has 2 aromatic carbocycles. The number of unbranched alkanes of at least 4 members (excludes halogenated alkanes) is 1. The summed E-state index contributed by atoms with van der Waals surface area (Å²) in [5, 5.41) is 0. The zero-order chi connectivity index (χ0) is 24.0. The third-order valence-corrected chi connectivity index (χ3v) is 6.99. The van der Waals surface area contributed by atoms with Crippen LogP contribution in [0, 0.1) is 5.92 Å². The topological polar surface area (TPSA) is 24.9 Å². The van der Waals surface area contributed by atoms with Gasteiger partial charge in [0.15, 0.2) is 0 Å². The molecule has 2 heterocycles. The summed E-state index contributed by atoms with van der Waals surface area (Å²) in [6, 6.07) is 13.9. The number of ether oxygens (including phenoxy) is 2. The first-order chi connectivity index (χ1) is 16.4. The predicted octanol–water partition coefficient (Wildman–Crippen LogP) is 5.83. The first-order valence-corrected chi connectivity index (χ1v) is 12.4. The van der Waals surface area contributed by atoms with Crippen molar-refractivity contribution >= 4 is 5.69 Å². The van der Waals surface area contributed by atoms with Crippen LogP contribution in [-0.2, 0) is 10.9 Å². The molecule has 7 heteroatoms. The molecule has 2 saturated heterocycles. The molecule has 2 fully saturated rings. The average Bonchev–Trinajstić information content (AvgIpc) is 2.86. The Morgan fingerprint density at radius 1 is 0.971 bits per heavy atom. The van der Waals surface area contributed by atoms with E-state index in [1.807, 2.05) is 0 Å². The van der Waals surface area contributed by atoms with E-state index < -0.39 is 11.7 Å². The highest BCUT2D eigenvalue weighted by molar-refractivity contribution is 5.48. The Kier molecular flexibility index (Phi) is 8.37. The summed E-state index contributed by atoms with van der Waals surface area (Å²) in [4.78, 5) is 4.86. The van der Waals surface area contributed by atoms with Crippen molar-refractivity contribution in [3.05, 3.63) is 59.7 Å². The van der Waals surface area contributed by atoms with Crippen LogP contribution in [0.3, 0.4) is 0 Å². The van der Waals surface area contributed by atoms with Gasteiger partial charge in [-0.2, -0.15) is 13.2 Å². The van der Waals surface area contributed by atoms with Crippen molar-refractivity contribution in [2.75, 3.05) is 57.4 Å². The fourth-order valence-electron chi connectivity index (χ4n) is 5.00. The first kappa shape index (κ1) is 24.9. The molecule has 0 bridgehead atoms. The molecule has 0 N–H and O–H groups in total. The monoisotopic (exact) mass is 476 g/mol. The zero-order valence-corrected chi connectivity index (χ0v) is 19.9. The number of hydrogen-bond acceptors (Lipinski definition) is 4. The van der Waals surface area contributed by atoms with Crippen LogP contribution in [0.15, 0.2) is 48.5 Å². The van der Waals surface area contributed by atoms with E-state index in [1.165, 1.54) is 29.8 Å². The van der Waals surface area contributed by atoms with Crippen LogP contribution in [0.2, 0.25) is 0 Å². The van der Waals surface area contributed by atoms with Gasteiger partial charge in [0, 0.05) is 31.2 Å². The molecule has 0 saturated carbocycles. The van der Waals surface area contributed by atoms with E-state index in [0.29, 0.717) is 18.3 Å². The number of rotatable bonds is 8. The number of hydrogen-bond donors (Lipinski definition) is 0. The van der Waals surface area contributed by atoms with Gasteiger partial charge in [0.25, 0.3) is 0 Å². The Balaban J connectivity index is 1.44. The van der Waals surface area contributed by atoms with Crippen LogP contribution in [0.25, 0.3) is 0 Å². The van der Waals surface area contributed by atoms with Gasteiger partial charge in [-0.15, -0.1) is 0 Å². The van der Waals surface area contributed by atoms with Gasteiger partial charge in [-0.25, -0.2) is 0 Å². The SMILES string of the molecule is CCCCN1CCC(c2ccc(N3CCOCC3)cc2)C(COc2ccc(C(F)(F)F)cc2)C1. The van der Waals surface area contributed by atoms with Gasteiger partial charge in [0.1, 0.15) is 5.75 Å². The molecule has 2 aliphatic rings. The van der Waals surface area contributed by atoms with Crippen LogP contribution >= 0.6 is 0 Å². The lowest BCUT2D eigenvalue weighted by atomic mass is 9.80. The second-order valence-electron chi connectivity index (χ2n) is 9.33.